The van der Waals surface area contributed by atoms with Gasteiger partial charge in [0.1, 0.15) is 5.52 Å². The zero-order valence-corrected chi connectivity index (χ0v) is 14.3. The number of pyridine rings is 1. The van der Waals surface area contributed by atoms with E-state index in [2.05, 4.69) is 9.97 Å². The molecule has 0 saturated heterocycles. The van der Waals surface area contributed by atoms with Gasteiger partial charge in [-0.3, -0.25) is 4.98 Å². The van der Waals surface area contributed by atoms with Crippen molar-refractivity contribution in [1.29, 1.82) is 0 Å². The van der Waals surface area contributed by atoms with E-state index in [0.717, 1.165) is 5.69 Å². The summed E-state index contributed by atoms with van der Waals surface area (Å²) in [6.45, 7) is 0. The highest BCUT2D eigenvalue weighted by Gasteiger charge is 2.19. The van der Waals surface area contributed by atoms with Gasteiger partial charge in [-0.05, 0) is 30.3 Å². The molecule has 3 rings (SSSR count). The number of aromatic nitrogens is 2. The van der Waals surface area contributed by atoms with Crippen LogP contribution in [0, 0.1) is 0 Å². The van der Waals surface area contributed by atoms with Crippen molar-refractivity contribution in [3.63, 3.8) is 0 Å². The van der Waals surface area contributed by atoms with E-state index in [-0.39, 0.29) is 4.90 Å². The third-order valence-corrected chi connectivity index (χ3v) is 5.86. The summed E-state index contributed by atoms with van der Waals surface area (Å²) in [6, 6.07) is 10.4. The highest BCUT2D eigenvalue weighted by atomic mass is 32.2. The maximum absolute atomic E-state index is 12.1. The minimum Gasteiger partial charge on any atom is -0.431 e. The molecule has 3 aromatic rings. The molecule has 1 aromatic carbocycles. The van der Waals surface area contributed by atoms with Gasteiger partial charge < -0.3 is 4.42 Å². The minimum absolute atomic E-state index is 0.199. The molecule has 0 aliphatic heterocycles. The fraction of sp³-hybridized carbons (Fsp3) is 0.200. The van der Waals surface area contributed by atoms with E-state index in [4.69, 9.17) is 4.42 Å². The first-order chi connectivity index (χ1) is 11.0. The zero-order chi connectivity index (χ0) is 16.4. The largest absolute Gasteiger partial charge is 0.431 e. The molecule has 2 aromatic heterocycles. The molecule has 0 fully saturated rings. The molecule has 0 spiro atoms. The molecule has 0 N–H and O–H groups in total. The van der Waals surface area contributed by atoms with Gasteiger partial charge in [-0.25, -0.2) is 17.7 Å². The van der Waals surface area contributed by atoms with E-state index in [1.54, 1.807) is 12.3 Å². The lowest BCUT2D eigenvalue weighted by atomic mass is 10.3. The summed E-state index contributed by atoms with van der Waals surface area (Å²) in [6.07, 6.45) is 1.74. The lowest BCUT2D eigenvalue weighted by Gasteiger charge is -2.10. The Morgan fingerprint density at radius 3 is 2.74 bits per heavy atom. The van der Waals surface area contributed by atoms with Crippen molar-refractivity contribution < 1.29 is 12.8 Å². The van der Waals surface area contributed by atoms with E-state index in [1.807, 2.05) is 18.2 Å². The van der Waals surface area contributed by atoms with Crippen LogP contribution >= 0.6 is 11.8 Å². The molecule has 0 atom stereocenters. The smallest absolute Gasteiger partial charge is 0.257 e. The fourth-order valence-corrected chi connectivity index (χ4v) is 3.61. The Morgan fingerprint density at radius 2 is 2.04 bits per heavy atom. The fourth-order valence-electron chi connectivity index (χ4n) is 1.94. The number of nitrogens with zero attached hydrogens (tertiary/aromatic N) is 3. The highest BCUT2D eigenvalue weighted by molar-refractivity contribution is 7.98. The number of rotatable bonds is 5. The number of hydrogen-bond donors (Lipinski definition) is 0. The standard InChI is InChI=1S/C15H15N3O3S2/c1-18(2)23(19,20)12-6-7-14-13(9-12)17-15(21-14)22-10-11-5-3-4-8-16-11/h3-9H,10H2,1-2H3. The van der Waals surface area contributed by atoms with Crippen LogP contribution in [0.25, 0.3) is 11.1 Å². The molecule has 0 aliphatic carbocycles. The summed E-state index contributed by atoms with van der Waals surface area (Å²) in [5, 5.41) is 0.491. The molecule has 0 radical (unpaired) electrons. The molecular weight excluding hydrogens is 334 g/mol. The third kappa shape index (κ3) is 3.39. The van der Waals surface area contributed by atoms with E-state index in [9.17, 15) is 8.42 Å². The first kappa shape index (κ1) is 16.0. The summed E-state index contributed by atoms with van der Waals surface area (Å²) in [4.78, 5) is 8.78. The Kier molecular flexibility index (Phi) is 4.38. The normalized spacial score (nSPS) is 12.1. The Morgan fingerprint density at radius 1 is 1.22 bits per heavy atom. The molecule has 6 nitrogen and oxygen atoms in total. The monoisotopic (exact) mass is 349 g/mol. The summed E-state index contributed by atoms with van der Waals surface area (Å²) in [5.41, 5.74) is 2.01. The molecule has 0 saturated carbocycles. The van der Waals surface area contributed by atoms with Gasteiger partial charge in [-0.1, -0.05) is 17.8 Å². The van der Waals surface area contributed by atoms with Crippen LogP contribution in [0.2, 0.25) is 0 Å². The number of hydrogen-bond acceptors (Lipinski definition) is 6. The van der Waals surface area contributed by atoms with Crippen LogP contribution in [0.5, 0.6) is 0 Å². The van der Waals surface area contributed by atoms with Crippen LogP contribution in [0.1, 0.15) is 5.69 Å². The molecular formula is C15H15N3O3S2. The van der Waals surface area contributed by atoms with E-state index in [0.29, 0.717) is 22.1 Å². The van der Waals surface area contributed by atoms with Crippen molar-refractivity contribution in [1.82, 2.24) is 14.3 Å². The third-order valence-electron chi connectivity index (χ3n) is 3.19. The van der Waals surface area contributed by atoms with Crippen LogP contribution in [0.4, 0.5) is 0 Å². The van der Waals surface area contributed by atoms with Crippen LogP contribution in [0.15, 0.2) is 57.1 Å². The average Bonchev–Trinajstić information content (AvgIpc) is 2.95. The predicted molar refractivity (Wildman–Crippen MR) is 88.7 cm³/mol. The molecule has 0 amide bonds. The lowest BCUT2D eigenvalue weighted by Crippen LogP contribution is -2.22. The number of sulfonamides is 1. The molecule has 2 heterocycles. The van der Waals surface area contributed by atoms with Gasteiger partial charge in [-0.2, -0.15) is 0 Å². The molecule has 120 valence electrons. The number of thioether (sulfide) groups is 1. The highest BCUT2D eigenvalue weighted by Crippen LogP contribution is 2.27. The van der Waals surface area contributed by atoms with Crippen molar-refractivity contribution in [2.45, 2.75) is 15.9 Å². The first-order valence-corrected chi connectivity index (χ1v) is 9.25. The van der Waals surface area contributed by atoms with Crippen molar-refractivity contribution in [2.24, 2.45) is 0 Å². The Bertz CT molecular complexity index is 922. The van der Waals surface area contributed by atoms with Crippen LogP contribution < -0.4 is 0 Å². The van der Waals surface area contributed by atoms with Crippen LogP contribution in [0.3, 0.4) is 0 Å². The Labute approximate surface area is 138 Å². The Balaban J connectivity index is 1.85. The molecule has 23 heavy (non-hydrogen) atoms. The maximum atomic E-state index is 12.1. The first-order valence-electron chi connectivity index (χ1n) is 6.82. The predicted octanol–water partition coefficient (Wildman–Crippen LogP) is 2.77. The number of benzene rings is 1. The summed E-state index contributed by atoms with van der Waals surface area (Å²) < 4.78 is 31.1. The Hall–Kier alpha value is -1.90. The van der Waals surface area contributed by atoms with Crippen LogP contribution in [-0.2, 0) is 15.8 Å². The minimum atomic E-state index is -3.48. The second-order valence-electron chi connectivity index (χ2n) is 5.01. The quantitative estimate of drug-likeness (QED) is 0.659. The van der Waals surface area contributed by atoms with Crippen molar-refractivity contribution >= 4 is 32.9 Å². The van der Waals surface area contributed by atoms with Gasteiger partial charge in [0.15, 0.2) is 5.58 Å². The molecule has 0 aliphatic rings. The summed E-state index contributed by atoms with van der Waals surface area (Å²) in [5.74, 6) is 0.635. The van der Waals surface area contributed by atoms with Crippen molar-refractivity contribution in [2.75, 3.05) is 14.1 Å². The van der Waals surface area contributed by atoms with E-state index in [1.165, 1.54) is 42.3 Å². The van der Waals surface area contributed by atoms with E-state index < -0.39 is 10.0 Å². The van der Waals surface area contributed by atoms with E-state index >= 15 is 0 Å². The van der Waals surface area contributed by atoms with Gasteiger partial charge in [0.05, 0.1) is 10.6 Å². The van der Waals surface area contributed by atoms with Gasteiger partial charge >= 0.3 is 0 Å². The second kappa shape index (κ2) is 6.31. The summed E-state index contributed by atoms with van der Waals surface area (Å²) in [7, 11) is -0.487. The number of fused-ring (bicyclic) bond motifs is 1. The van der Waals surface area contributed by atoms with Gasteiger partial charge in [0.25, 0.3) is 5.22 Å². The SMILES string of the molecule is CN(C)S(=O)(=O)c1ccc2oc(SCc3ccccn3)nc2c1. The van der Waals surface area contributed by atoms with Gasteiger partial charge in [-0.15, -0.1) is 0 Å². The second-order valence-corrected chi connectivity index (χ2v) is 8.08. The van der Waals surface area contributed by atoms with Crippen LogP contribution in [-0.4, -0.2) is 36.8 Å². The number of oxazole rings is 1. The van der Waals surface area contributed by atoms with Gasteiger partial charge in [0.2, 0.25) is 10.0 Å². The molecule has 0 unspecified atom stereocenters. The van der Waals surface area contributed by atoms with Gasteiger partial charge in [0, 0.05) is 26.0 Å². The topological polar surface area (TPSA) is 76.3 Å². The average molecular weight is 349 g/mol. The summed E-state index contributed by atoms with van der Waals surface area (Å²) >= 11 is 1.42. The lowest BCUT2D eigenvalue weighted by molar-refractivity contribution is 0.489. The van der Waals surface area contributed by atoms with Crippen molar-refractivity contribution in [3.8, 4) is 0 Å². The molecule has 0 bridgehead atoms. The molecule has 8 heteroatoms. The maximum Gasteiger partial charge on any atom is 0.257 e. The van der Waals surface area contributed by atoms with Crippen molar-refractivity contribution in [3.05, 3.63) is 48.3 Å². The zero-order valence-electron chi connectivity index (χ0n) is 12.6.